The van der Waals surface area contributed by atoms with Gasteiger partial charge in [0.05, 0.1) is 11.3 Å². The second-order valence-electron chi connectivity index (χ2n) is 5.75. The van der Waals surface area contributed by atoms with Crippen molar-refractivity contribution < 1.29 is 14.0 Å². The molecule has 2 amide bonds. The van der Waals surface area contributed by atoms with Crippen LogP contribution in [-0.4, -0.2) is 16.8 Å². The molecular weight excluding hydrogens is 347 g/mol. The molecule has 0 atom stereocenters. The van der Waals surface area contributed by atoms with Crippen LogP contribution in [0.2, 0.25) is 0 Å². The fraction of sp³-hybridized carbons (Fsp3) is 0.0500. The molecule has 0 fully saturated rings. The lowest BCUT2D eigenvalue weighted by molar-refractivity contribution is -0.114. The van der Waals surface area contributed by atoms with E-state index in [9.17, 15) is 14.0 Å². The maximum Gasteiger partial charge on any atom is 0.257 e. The zero-order valence-corrected chi connectivity index (χ0v) is 14.5. The number of rotatable bonds is 5. The number of carbonyl (C=O) groups excluding carboxylic acids is 2. The Morgan fingerprint density at radius 3 is 2.41 bits per heavy atom. The highest BCUT2D eigenvalue weighted by Gasteiger charge is 2.09. The predicted molar refractivity (Wildman–Crippen MR) is 103 cm³/mol. The van der Waals surface area contributed by atoms with Gasteiger partial charge in [-0.25, -0.2) is 9.37 Å². The first-order chi connectivity index (χ1) is 13.0. The van der Waals surface area contributed by atoms with Crippen molar-refractivity contribution >= 4 is 34.7 Å². The second kappa shape index (κ2) is 8.09. The van der Waals surface area contributed by atoms with Crippen molar-refractivity contribution in [2.24, 2.45) is 0 Å². The predicted octanol–water partition coefficient (Wildman–Crippen LogP) is 4.18. The highest BCUT2D eigenvalue weighted by Crippen LogP contribution is 2.19. The maximum absolute atomic E-state index is 13.6. The molecule has 3 N–H and O–H groups in total. The van der Waals surface area contributed by atoms with Gasteiger partial charge in [0.1, 0.15) is 11.6 Å². The first kappa shape index (κ1) is 18.1. The Labute approximate surface area is 155 Å². The van der Waals surface area contributed by atoms with Crippen molar-refractivity contribution in [3.05, 3.63) is 78.2 Å². The van der Waals surface area contributed by atoms with E-state index in [1.807, 2.05) is 6.07 Å². The normalized spacial score (nSPS) is 10.1. The van der Waals surface area contributed by atoms with Gasteiger partial charge in [0.2, 0.25) is 5.91 Å². The van der Waals surface area contributed by atoms with Gasteiger partial charge < -0.3 is 16.0 Å². The molecule has 3 rings (SSSR count). The third-order valence-corrected chi connectivity index (χ3v) is 3.60. The molecular formula is C20H17FN4O2. The van der Waals surface area contributed by atoms with E-state index in [0.717, 1.165) is 5.69 Å². The van der Waals surface area contributed by atoms with Crippen LogP contribution in [-0.2, 0) is 4.79 Å². The van der Waals surface area contributed by atoms with E-state index in [1.54, 1.807) is 42.5 Å². The van der Waals surface area contributed by atoms with E-state index < -0.39 is 11.7 Å². The minimum Gasteiger partial charge on any atom is -0.340 e. The minimum atomic E-state index is -0.504. The summed E-state index contributed by atoms with van der Waals surface area (Å²) in [7, 11) is 0. The van der Waals surface area contributed by atoms with E-state index in [0.29, 0.717) is 17.1 Å². The van der Waals surface area contributed by atoms with Crippen molar-refractivity contribution in [2.45, 2.75) is 6.92 Å². The zero-order chi connectivity index (χ0) is 19.2. The van der Waals surface area contributed by atoms with E-state index in [2.05, 4.69) is 20.9 Å². The van der Waals surface area contributed by atoms with Crippen LogP contribution in [0.3, 0.4) is 0 Å². The van der Waals surface area contributed by atoms with E-state index in [-0.39, 0.29) is 11.6 Å². The molecule has 136 valence electrons. The third-order valence-electron chi connectivity index (χ3n) is 3.60. The number of halogens is 1. The van der Waals surface area contributed by atoms with Crippen LogP contribution in [0, 0.1) is 5.82 Å². The first-order valence-corrected chi connectivity index (χ1v) is 8.18. The molecule has 0 aliphatic rings. The van der Waals surface area contributed by atoms with E-state index in [4.69, 9.17) is 0 Å². The summed E-state index contributed by atoms with van der Waals surface area (Å²) in [5.41, 5.74) is 1.81. The molecule has 0 aliphatic carbocycles. The SMILES string of the molecule is CC(=O)Nc1cccc(Nc2ccc(C(=O)Nc3ccccc3F)cn2)c1. The summed E-state index contributed by atoms with van der Waals surface area (Å²) in [5, 5.41) is 8.29. The molecule has 2 aromatic carbocycles. The number of amides is 2. The van der Waals surface area contributed by atoms with Crippen LogP contribution < -0.4 is 16.0 Å². The summed E-state index contributed by atoms with van der Waals surface area (Å²) in [6.45, 7) is 1.44. The van der Waals surface area contributed by atoms with Crippen molar-refractivity contribution in [2.75, 3.05) is 16.0 Å². The van der Waals surface area contributed by atoms with Gasteiger partial charge >= 0.3 is 0 Å². The Morgan fingerprint density at radius 1 is 0.926 bits per heavy atom. The molecule has 3 aromatic rings. The molecule has 27 heavy (non-hydrogen) atoms. The number of anilines is 4. The number of nitrogens with zero attached hydrogens (tertiary/aromatic N) is 1. The Kier molecular flexibility index (Phi) is 5.41. The van der Waals surface area contributed by atoms with Gasteiger partial charge in [-0.1, -0.05) is 18.2 Å². The Morgan fingerprint density at radius 2 is 1.70 bits per heavy atom. The van der Waals surface area contributed by atoms with Gasteiger partial charge in [-0.15, -0.1) is 0 Å². The summed E-state index contributed by atoms with van der Waals surface area (Å²) in [6, 6.07) is 16.3. The van der Waals surface area contributed by atoms with E-state index >= 15 is 0 Å². The van der Waals surface area contributed by atoms with Crippen molar-refractivity contribution in [1.29, 1.82) is 0 Å². The molecule has 0 radical (unpaired) electrons. The van der Waals surface area contributed by atoms with Crippen LogP contribution in [0.5, 0.6) is 0 Å². The molecule has 0 saturated carbocycles. The average molecular weight is 364 g/mol. The lowest BCUT2D eigenvalue weighted by Crippen LogP contribution is -2.13. The fourth-order valence-electron chi connectivity index (χ4n) is 2.39. The molecule has 0 unspecified atom stereocenters. The number of para-hydroxylation sites is 1. The zero-order valence-electron chi connectivity index (χ0n) is 14.5. The number of aromatic nitrogens is 1. The largest absolute Gasteiger partial charge is 0.340 e. The fourth-order valence-corrected chi connectivity index (χ4v) is 2.39. The van der Waals surface area contributed by atoms with Gasteiger partial charge in [0, 0.05) is 24.5 Å². The molecule has 6 nitrogen and oxygen atoms in total. The summed E-state index contributed by atoms with van der Waals surface area (Å²) >= 11 is 0. The third kappa shape index (κ3) is 4.88. The molecule has 0 bridgehead atoms. The number of hydrogen-bond donors (Lipinski definition) is 3. The summed E-state index contributed by atoms with van der Waals surface area (Å²) in [6.07, 6.45) is 1.40. The molecule has 7 heteroatoms. The molecule has 0 saturated heterocycles. The van der Waals surface area contributed by atoms with Crippen molar-refractivity contribution in [1.82, 2.24) is 4.98 Å². The van der Waals surface area contributed by atoms with Crippen molar-refractivity contribution in [3.63, 3.8) is 0 Å². The number of hydrogen-bond acceptors (Lipinski definition) is 4. The summed E-state index contributed by atoms with van der Waals surface area (Å²) in [5.74, 6) is -0.587. The molecule has 1 aromatic heterocycles. The van der Waals surface area contributed by atoms with Crippen LogP contribution in [0.4, 0.5) is 27.3 Å². The quantitative estimate of drug-likeness (QED) is 0.634. The number of carbonyl (C=O) groups is 2. The maximum atomic E-state index is 13.6. The topological polar surface area (TPSA) is 83.1 Å². The monoisotopic (exact) mass is 364 g/mol. The summed E-state index contributed by atoms with van der Waals surface area (Å²) < 4.78 is 13.6. The highest BCUT2D eigenvalue weighted by atomic mass is 19.1. The van der Waals surface area contributed by atoms with Crippen LogP contribution >= 0.6 is 0 Å². The molecule has 0 aliphatic heterocycles. The van der Waals surface area contributed by atoms with Gasteiger partial charge in [-0.05, 0) is 42.5 Å². The summed E-state index contributed by atoms with van der Waals surface area (Å²) in [4.78, 5) is 27.5. The van der Waals surface area contributed by atoms with Crippen LogP contribution in [0.1, 0.15) is 17.3 Å². The highest BCUT2D eigenvalue weighted by molar-refractivity contribution is 6.04. The van der Waals surface area contributed by atoms with Crippen LogP contribution in [0.25, 0.3) is 0 Å². The second-order valence-corrected chi connectivity index (χ2v) is 5.75. The lowest BCUT2D eigenvalue weighted by atomic mass is 10.2. The van der Waals surface area contributed by atoms with Gasteiger partial charge in [0.15, 0.2) is 0 Å². The van der Waals surface area contributed by atoms with E-state index in [1.165, 1.54) is 25.3 Å². The molecule has 1 heterocycles. The standard InChI is InChI=1S/C20H17FN4O2/c1-13(26)23-15-5-4-6-16(11-15)24-19-10-9-14(12-22-19)20(27)25-18-8-3-2-7-17(18)21/h2-12H,1H3,(H,22,24)(H,23,26)(H,25,27). The Balaban J connectivity index is 1.67. The Hall–Kier alpha value is -3.74. The van der Waals surface area contributed by atoms with Gasteiger partial charge in [0.25, 0.3) is 5.91 Å². The number of pyridine rings is 1. The van der Waals surface area contributed by atoms with Crippen molar-refractivity contribution in [3.8, 4) is 0 Å². The first-order valence-electron chi connectivity index (χ1n) is 8.18. The lowest BCUT2D eigenvalue weighted by Gasteiger charge is -2.09. The Bertz CT molecular complexity index is 974. The average Bonchev–Trinajstić information content (AvgIpc) is 2.64. The van der Waals surface area contributed by atoms with Crippen LogP contribution in [0.15, 0.2) is 66.9 Å². The minimum absolute atomic E-state index is 0.111. The van der Waals surface area contributed by atoms with Gasteiger partial charge in [-0.2, -0.15) is 0 Å². The van der Waals surface area contributed by atoms with Gasteiger partial charge in [-0.3, -0.25) is 9.59 Å². The number of nitrogens with one attached hydrogen (secondary N) is 3. The smallest absolute Gasteiger partial charge is 0.257 e. The number of benzene rings is 2. The molecule has 0 spiro atoms.